The standard InChI is InChI=1S/C31H23F3N8O2/c1-30(11-12-30)28-36-14-18(15-37-28)21-13-19(31(32,33)34)16-35-24(21)27-41-42-29(44-27)40-25-26(43)38-22-10-6-5-9-20(22)23(39-25)17-7-3-2-4-8-17/h2-10,13-16,25H,11-12H2,1H3,(H,38,43)(H,40,42)/t25-/m1/s1. The highest BCUT2D eigenvalue weighted by molar-refractivity contribution is 6.19. The van der Waals surface area contributed by atoms with Crippen LogP contribution >= 0.6 is 0 Å². The Morgan fingerprint density at radius 2 is 1.64 bits per heavy atom. The fourth-order valence-electron chi connectivity index (χ4n) is 4.88. The van der Waals surface area contributed by atoms with E-state index in [0.29, 0.717) is 29.0 Å². The minimum absolute atomic E-state index is 0.00117. The minimum Gasteiger partial charge on any atom is -0.402 e. The molecule has 1 fully saturated rings. The number of nitrogens with zero attached hydrogens (tertiary/aromatic N) is 6. The van der Waals surface area contributed by atoms with Crippen molar-refractivity contribution in [1.82, 2.24) is 25.1 Å². The van der Waals surface area contributed by atoms with E-state index in [-0.39, 0.29) is 28.6 Å². The molecule has 1 aliphatic carbocycles. The summed E-state index contributed by atoms with van der Waals surface area (Å²) in [6.07, 6.45) is -0.280. The highest BCUT2D eigenvalue weighted by Gasteiger charge is 2.42. The molecule has 1 atom stereocenters. The van der Waals surface area contributed by atoms with Crippen molar-refractivity contribution < 1.29 is 22.4 Å². The van der Waals surface area contributed by atoms with Crippen molar-refractivity contribution in [3.8, 4) is 22.7 Å². The molecule has 13 heteroatoms. The first kappa shape index (κ1) is 27.4. The zero-order valence-electron chi connectivity index (χ0n) is 23.1. The normalized spacial score (nSPS) is 17.2. The van der Waals surface area contributed by atoms with E-state index in [1.165, 1.54) is 12.4 Å². The van der Waals surface area contributed by atoms with Crippen LogP contribution in [0.4, 0.5) is 24.9 Å². The summed E-state index contributed by atoms with van der Waals surface area (Å²) in [6, 6.07) is 17.4. The molecule has 0 spiro atoms. The highest BCUT2D eigenvalue weighted by Crippen LogP contribution is 2.46. The van der Waals surface area contributed by atoms with E-state index in [9.17, 15) is 18.0 Å². The second-order valence-corrected chi connectivity index (χ2v) is 10.8. The van der Waals surface area contributed by atoms with Crippen LogP contribution in [0.3, 0.4) is 0 Å². The first-order chi connectivity index (χ1) is 21.2. The molecule has 0 radical (unpaired) electrons. The van der Waals surface area contributed by atoms with Gasteiger partial charge in [0.15, 0.2) is 0 Å². The van der Waals surface area contributed by atoms with Crippen molar-refractivity contribution in [1.29, 1.82) is 0 Å². The van der Waals surface area contributed by atoms with Crippen LogP contribution in [-0.4, -0.2) is 42.9 Å². The van der Waals surface area contributed by atoms with Gasteiger partial charge in [0.1, 0.15) is 11.5 Å². The number of fused-ring (bicyclic) bond motifs is 1. The third kappa shape index (κ3) is 5.16. The summed E-state index contributed by atoms with van der Waals surface area (Å²) < 4.78 is 46.7. The average molecular weight is 597 g/mol. The van der Waals surface area contributed by atoms with Gasteiger partial charge in [0.25, 0.3) is 11.8 Å². The molecule has 10 nitrogen and oxygen atoms in total. The lowest BCUT2D eigenvalue weighted by Crippen LogP contribution is -2.32. The molecule has 2 aromatic carbocycles. The fourth-order valence-corrected chi connectivity index (χ4v) is 4.88. The van der Waals surface area contributed by atoms with E-state index in [0.717, 1.165) is 30.0 Å². The highest BCUT2D eigenvalue weighted by atomic mass is 19.4. The van der Waals surface area contributed by atoms with Crippen LogP contribution in [0.25, 0.3) is 22.7 Å². The number of anilines is 2. The summed E-state index contributed by atoms with van der Waals surface area (Å²) in [5.41, 5.74) is 1.96. The molecule has 220 valence electrons. The van der Waals surface area contributed by atoms with E-state index in [2.05, 4.69) is 35.8 Å². The second-order valence-electron chi connectivity index (χ2n) is 10.8. The van der Waals surface area contributed by atoms with Crippen LogP contribution in [0.15, 0.2) is 88.7 Å². The minimum atomic E-state index is -4.64. The Kier molecular flexibility index (Phi) is 6.45. The number of para-hydroxylation sites is 1. The maximum Gasteiger partial charge on any atom is 0.417 e. The van der Waals surface area contributed by atoms with E-state index >= 15 is 0 Å². The van der Waals surface area contributed by atoms with E-state index in [4.69, 9.17) is 9.41 Å². The number of carbonyl (C=O) groups is 1. The van der Waals surface area contributed by atoms with Gasteiger partial charge < -0.3 is 15.1 Å². The van der Waals surface area contributed by atoms with Crippen LogP contribution in [-0.2, 0) is 16.4 Å². The van der Waals surface area contributed by atoms with Crippen LogP contribution in [0.1, 0.15) is 42.3 Å². The molecule has 2 N–H and O–H groups in total. The number of pyridine rings is 1. The molecule has 4 heterocycles. The Morgan fingerprint density at radius 1 is 0.909 bits per heavy atom. The number of aromatic nitrogens is 5. The SMILES string of the molecule is CC1(c2ncc(-c3cc(C(F)(F)F)cnc3-c3nnc(N[C@H]4N=C(c5ccccc5)c5ccccc5NC4=O)o3)cn2)CC1. The van der Waals surface area contributed by atoms with Gasteiger partial charge >= 0.3 is 12.2 Å². The van der Waals surface area contributed by atoms with Crippen molar-refractivity contribution in [2.75, 3.05) is 10.6 Å². The van der Waals surface area contributed by atoms with Gasteiger partial charge in [-0.3, -0.25) is 4.79 Å². The molecule has 0 bridgehead atoms. The van der Waals surface area contributed by atoms with Crippen LogP contribution in [0, 0.1) is 0 Å². The maximum atomic E-state index is 13.7. The van der Waals surface area contributed by atoms with Gasteiger partial charge in [-0.1, -0.05) is 60.6 Å². The molecule has 0 unspecified atom stereocenters. The van der Waals surface area contributed by atoms with E-state index in [1.807, 2.05) is 49.4 Å². The molecule has 1 aliphatic heterocycles. The van der Waals surface area contributed by atoms with Gasteiger partial charge in [-0.2, -0.15) is 13.2 Å². The Balaban J connectivity index is 1.23. The van der Waals surface area contributed by atoms with Crippen LogP contribution in [0.2, 0.25) is 0 Å². The summed E-state index contributed by atoms with van der Waals surface area (Å²) in [6.45, 7) is 2.03. The van der Waals surface area contributed by atoms with Gasteiger partial charge in [-0.05, 0) is 25.0 Å². The number of aliphatic imine (C=N–C) groups is 1. The Labute approximate surface area is 248 Å². The molecule has 3 aromatic heterocycles. The molecule has 1 amide bonds. The number of rotatable bonds is 6. The van der Waals surface area contributed by atoms with Crippen molar-refractivity contribution in [3.63, 3.8) is 0 Å². The van der Waals surface area contributed by atoms with Gasteiger partial charge in [0.05, 0.1) is 17.0 Å². The van der Waals surface area contributed by atoms with Crippen molar-refractivity contribution >= 4 is 23.3 Å². The molecular formula is C31H23F3N8O2. The number of nitrogens with one attached hydrogen (secondary N) is 2. The van der Waals surface area contributed by atoms with Crippen molar-refractivity contribution in [2.24, 2.45) is 4.99 Å². The Bertz CT molecular complexity index is 1900. The first-order valence-electron chi connectivity index (χ1n) is 13.7. The van der Waals surface area contributed by atoms with Crippen LogP contribution < -0.4 is 10.6 Å². The number of alkyl halides is 3. The number of amides is 1. The summed E-state index contributed by atoms with van der Waals surface area (Å²) in [7, 11) is 0. The summed E-state index contributed by atoms with van der Waals surface area (Å²) in [5, 5.41) is 13.7. The lowest BCUT2D eigenvalue weighted by atomic mass is 10.0. The molecule has 44 heavy (non-hydrogen) atoms. The number of carbonyl (C=O) groups excluding carboxylic acids is 1. The summed E-state index contributed by atoms with van der Waals surface area (Å²) >= 11 is 0. The maximum absolute atomic E-state index is 13.7. The van der Waals surface area contributed by atoms with Crippen molar-refractivity contribution in [3.05, 3.63) is 102 Å². The first-order valence-corrected chi connectivity index (χ1v) is 13.7. The third-order valence-corrected chi connectivity index (χ3v) is 7.60. The quantitative estimate of drug-likeness (QED) is 0.248. The number of halogens is 3. The topological polar surface area (TPSA) is 131 Å². The predicted molar refractivity (Wildman–Crippen MR) is 155 cm³/mol. The predicted octanol–water partition coefficient (Wildman–Crippen LogP) is 5.89. The Morgan fingerprint density at radius 3 is 2.36 bits per heavy atom. The van der Waals surface area contributed by atoms with E-state index < -0.39 is 23.8 Å². The van der Waals surface area contributed by atoms with Gasteiger partial charge in [-0.15, -0.1) is 5.10 Å². The third-order valence-electron chi connectivity index (χ3n) is 7.60. The zero-order chi connectivity index (χ0) is 30.5. The zero-order valence-corrected chi connectivity index (χ0v) is 23.1. The summed E-state index contributed by atoms with van der Waals surface area (Å²) in [5.74, 6) is -0.0108. The van der Waals surface area contributed by atoms with Gasteiger partial charge in [-0.25, -0.2) is 19.9 Å². The largest absolute Gasteiger partial charge is 0.417 e. The number of hydrogen-bond donors (Lipinski definition) is 2. The lowest BCUT2D eigenvalue weighted by molar-refractivity contribution is -0.137. The smallest absolute Gasteiger partial charge is 0.402 e. The lowest BCUT2D eigenvalue weighted by Gasteiger charge is -2.12. The number of benzodiazepines with no additional fused rings is 1. The monoisotopic (exact) mass is 596 g/mol. The Hall–Kier alpha value is -5.46. The van der Waals surface area contributed by atoms with Gasteiger partial charge in [0.2, 0.25) is 6.17 Å². The van der Waals surface area contributed by atoms with Gasteiger partial charge in [0, 0.05) is 46.3 Å². The molecular weight excluding hydrogens is 573 g/mol. The molecule has 1 saturated carbocycles. The fraction of sp³-hybridized carbons (Fsp3) is 0.194. The van der Waals surface area contributed by atoms with Crippen LogP contribution in [0.5, 0.6) is 0 Å². The summed E-state index contributed by atoms with van der Waals surface area (Å²) in [4.78, 5) is 30.7. The average Bonchev–Trinajstić information content (AvgIpc) is 3.65. The van der Waals surface area contributed by atoms with Crippen molar-refractivity contribution in [2.45, 2.75) is 37.5 Å². The molecule has 2 aliphatic rings. The molecule has 0 saturated heterocycles. The number of benzene rings is 2. The number of hydrogen-bond acceptors (Lipinski definition) is 9. The van der Waals surface area contributed by atoms with E-state index in [1.54, 1.807) is 12.1 Å². The molecule has 5 aromatic rings. The molecule has 7 rings (SSSR count). The second kappa shape index (κ2) is 10.4.